The van der Waals surface area contributed by atoms with Crippen molar-refractivity contribution < 1.29 is 9.53 Å². The SMILES string of the molecule is Cc1cccnc1[C@@H]1CCC[C@H](c2ncc([C@@H](C)Cc3cnc([C@@H]4CCC[C@H](c5ncccc5CCCNC(=O)OC(C)(C)C)N4C)c(C)c3)cc2CCCN)N1C. The van der Waals surface area contributed by atoms with Crippen molar-refractivity contribution in [1.82, 2.24) is 35.1 Å². The van der Waals surface area contributed by atoms with Crippen LogP contribution >= 0.6 is 0 Å². The van der Waals surface area contributed by atoms with Crippen molar-refractivity contribution in [2.45, 2.75) is 148 Å². The third-order valence-corrected chi connectivity index (χ3v) is 12.4. The van der Waals surface area contributed by atoms with E-state index in [1.807, 2.05) is 45.3 Å². The molecule has 312 valence electrons. The van der Waals surface area contributed by atoms with Crippen molar-refractivity contribution in [3.8, 4) is 0 Å². The summed E-state index contributed by atoms with van der Waals surface area (Å²) in [7, 11) is 4.49. The van der Waals surface area contributed by atoms with E-state index in [0.717, 1.165) is 82.0 Å². The second-order valence-corrected chi connectivity index (χ2v) is 17.9. The van der Waals surface area contributed by atoms with Crippen LogP contribution in [0.5, 0.6) is 0 Å². The van der Waals surface area contributed by atoms with Crippen molar-refractivity contribution in [1.29, 1.82) is 0 Å². The molecule has 10 nitrogen and oxygen atoms in total. The minimum absolute atomic E-state index is 0.206. The van der Waals surface area contributed by atoms with Crippen LogP contribution in [0.1, 0.15) is 165 Å². The standard InChI is InChI=1S/C48H68N8O2/c1-32-15-12-24-50-43(32)39-19-9-22-42(55(39)7)46-37(16-11-23-49)29-38(31-54-46)33(2)27-35-28-34(3)44(53-30-35)40-20-10-21-41(56(40)8)45-36(17-13-25-51-45)18-14-26-52-47(57)58-48(4,5)6/h12-13,15,17,24-25,28-31,33,39-42H,9-11,14,16,18-23,26-27,49H2,1-8H3,(H,52,57)/t33-,39-,40-,41+,42+/m0/s1. The van der Waals surface area contributed by atoms with E-state index in [1.165, 1.54) is 44.8 Å². The number of carbonyl (C=O) groups is 1. The Hall–Kier alpha value is -4.25. The Balaban J connectivity index is 1.12. The Morgan fingerprint density at radius 1 is 0.793 bits per heavy atom. The number of aryl methyl sites for hydroxylation is 4. The van der Waals surface area contributed by atoms with Gasteiger partial charge in [-0.2, -0.15) is 0 Å². The second-order valence-electron chi connectivity index (χ2n) is 17.9. The molecule has 58 heavy (non-hydrogen) atoms. The summed E-state index contributed by atoms with van der Waals surface area (Å²) in [5.41, 5.74) is 17.8. The molecule has 0 unspecified atom stereocenters. The van der Waals surface area contributed by atoms with Crippen molar-refractivity contribution in [2.75, 3.05) is 27.2 Å². The number of pyridine rings is 4. The van der Waals surface area contributed by atoms with E-state index in [4.69, 9.17) is 30.4 Å². The van der Waals surface area contributed by atoms with Crippen LogP contribution < -0.4 is 11.1 Å². The first kappa shape index (κ1) is 43.3. The lowest BCUT2D eigenvalue weighted by atomic mass is 9.87. The number of hydrogen-bond donors (Lipinski definition) is 2. The van der Waals surface area contributed by atoms with E-state index in [9.17, 15) is 4.79 Å². The van der Waals surface area contributed by atoms with Crippen LogP contribution in [0.4, 0.5) is 4.79 Å². The molecule has 2 saturated heterocycles. The highest BCUT2D eigenvalue weighted by molar-refractivity contribution is 5.67. The largest absolute Gasteiger partial charge is 0.444 e. The summed E-state index contributed by atoms with van der Waals surface area (Å²) in [6.45, 7) is 13.6. The molecule has 6 rings (SSSR count). The summed E-state index contributed by atoms with van der Waals surface area (Å²) >= 11 is 0. The van der Waals surface area contributed by atoms with Gasteiger partial charge >= 0.3 is 6.09 Å². The van der Waals surface area contributed by atoms with Crippen LogP contribution in [0.25, 0.3) is 0 Å². The molecule has 2 aliphatic heterocycles. The molecule has 3 N–H and O–H groups in total. The van der Waals surface area contributed by atoms with E-state index in [1.54, 1.807) is 0 Å². The average Bonchev–Trinajstić information content (AvgIpc) is 3.19. The zero-order valence-electron chi connectivity index (χ0n) is 36.4. The van der Waals surface area contributed by atoms with Gasteiger partial charge < -0.3 is 15.8 Å². The number of rotatable bonds is 14. The Bertz CT molecular complexity index is 1980. The predicted molar refractivity (Wildman–Crippen MR) is 233 cm³/mol. The Kier molecular flexibility index (Phi) is 14.7. The maximum absolute atomic E-state index is 12.2. The molecular formula is C48H68N8O2. The molecule has 0 bridgehead atoms. The van der Waals surface area contributed by atoms with Crippen LogP contribution in [0, 0.1) is 13.8 Å². The summed E-state index contributed by atoms with van der Waals surface area (Å²) in [4.78, 5) is 37.3. The van der Waals surface area contributed by atoms with Crippen LogP contribution in [0.3, 0.4) is 0 Å². The number of ether oxygens (including phenoxy) is 1. The van der Waals surface area contributed by atoms with E-state index < -0.39 is 5.60 Å². The predicted octanol–water partition coefficient (Wildman–Crippen LogP) is 9.37. The average molecular weight is 789 g/mol. The van der Waals surface area contributed by atoms with Gasteiger partial charge in [0.2, 0.25) is 0 Å². The normalized spacial score (nSPS) is 21.1. The lowest BCUT2D eigenvalue weighted by molar-refractivity contribution is 0.0527. The lowest BCUT2D eigenvalue weighted by Crippen LogP contribution is -2.35. The van der Waals surface area contributed by atoms with Gasteiger partial charge in [-0.25, -0.2) is 4.79 Å². The molecule has 5 atom stereocenters. The Morgan fingerprint density at radius 3 is 1.98 bits per heavy atom. The first-order chi connectivity index (χ1) is 27.8. The molecule has 0 saturated carbocycles. The monoisotopic (exact) mass is 789 g/mol. The molecule has 4 aromatic rings. The minimum atomic E-state index is -0.507. The number of nitrogens with one attached hydrogen (secondary N) is 1. The lowest BCUT2D eigenvalue weighted by Gasteiger charge is -2.40. The number of amides is 1. The topological polar surface area (TPSA) is 122 Å². The highest BCUT2D eigenvalue weighted by Crippen LogP contribution is 2.43. The van der Waals surface area contributed by atoms with Crippen molar-refractivity contribution in [2.24, 2.45) is 5.73 Å². The van der Waals surface area contributed by atoms with Crippen LogP contribution in [0.15, 0.2) is 61.2 Å². The number of nitrogens with zero attached hydrogens (tertiary/aromatic N) is 6. The van der Waals surface area contributed by atoms with Gasteiger partial charge in [0, 0.05) is 31.3 Å². The Morgan fingerprint density at radius 2 is 1.36 bits per heavy atom. The van der Waals surface area contributed by atoms with Gasteiger partial charge in [0.1, 0.15) is 5.60 Å². The zero-order valence-corrected chi connectivity index (χ0v) is 36.4. The zero-order chi connectivity index (χ0) is 41.4. The number of carbonyl (C=O) groups excluding carboxylic acids is 1. The molecule has 6 heterocycles. The molecule has 0 aromatic carbocycles. The quantitative estimate of drug-likeness (QED) is 0.120. The van der Waals surface area contributed by atoms with E-state index >= 15 is 0 Å². The highest BCUT2D eigenvalue weighted by atomic mass is 16.6. The summed E-state index contributed by atoms with van der Waals surface area (Å²) < 4.78 is 5.41. The fraction of sp³-hybridized carbons (Fsp3) is 0.562. The number of nitrogens with two attached hydrogens (primary N) is 1. The van der Waals surface area contributed by atoms with Gasteiger partial charge in [-0.15, -0.1) is 0 Å². The van der Waals surface area contributed by atoms with Crippen molar-refractivity contribution >= 4 is 6.09 Å². The third-order valence-electron chi connectivity index (χ3n) is 12.4. The summed E-state index contributed by atoms with van der Waals surface area (Å²) in [6, 6.07) is 14.2. The number of hydrogen-bond acceptors (Lipinski definition) is 9. The second kappa shape index (κ2) is 19.7. The van der Waals surface area contributed by atoms with Gasteiger partial charge in [0.15, 0.2) is 0 Å². The smallest absolute Gasteiger partial charge is 0.407 e. The highest BCUT2D eigenvalue weighted by Gasteiger charge is 2.35. The number of piperidine rings is 2. The van der Waals surface area contributed by atoms with Crippen LogP contribution in [-0.4, -0.2) is 68.6 Å². The Labute approximate surface area is 347 Å². The molecule has 1 amide bonds. The summed E-state index contributed by atoms with van der Waals surface area (Å²) in [5.74, 6) is 0.293. The number of alkyl carbamates (subject to hydrolysis) is 1. The van der Waals surface area contributed by atoms with Gasteiger partial charge in [-0.3, -0.25) is 29.7 Å². The van der Waals surface area contributed by atoms with E-state index in [0.29, 0.717) is 25.0 Å². The molecule has 0 spiro atoms. The van der Waals surface area contributed by atoms with Gasteiger partial charge in [0.25, 0.3) is 0 Å². The maximum Gasteiger partial charge on any atom is 0.407 e. The third kappa shape index (κ3) is 10.7. The molecule has 4 aromatic heterocycles. The van der Waals surface area contributed by atoms with Crippen molar-refractivity contribution in [3.05, 3.63) is 117 Å². The summed E-state index contributed by atoms with van der Waals surface area (Å²) in [5, 5.41) is 2.90. The first-order valence-electron chi connectivity index (χ1n) is 21.7. The van der Waals surface area contributed by atoms with Gasteiger partial charge in [-0.1, -0.05) is 31.2 Å². The molecule has 2 fully saturated rings. The molecule has 0 aliphatic carbocycles. The number of likely N-dealkylation sites (tertiary alicyclic amines) is 2. The van der Waals surface area contributed by atoms with Crippen LogP contribution in [-0.2, 0) is 24.0 Å². The van der Waals surface area contributed by atoms with Crippen LogP contribution in [0.2, 0.25) is 0 Å². The van der Waals surface area contributed by atoms with E-state index in [2.05, 4.69) is 86.6 Å². The maximum atomic E-state index is 12.2. The van der Waals surface area contributed by atoms with Gasteiger partial charge in [0.05, 0.1) is 46.9 Å². The fourth-order valence-corrected chi connectivity index (χ4v) is 9.35. The number of aromatic nitrogens is 4. The van der Waals surface area contributed by atoms with Crippen molar-refractivity contribution in [3.63, 3.8) is 0 Å². The minimum Gasteiger partial charge on any atom is -0.444 e. The molecule has 0 radical (unpaired) electrons. The molecule has 2 aliphatic rings. The van der Waals surface area contributed by atoms with E-state index in [-0.39, 0.29) is 24.2 Å². The first-order valence-corrected chi connectivity index (χ1v) is 21.7. The van der Waals surface area contributed by atoms with Gasteiger partial charge in [-0.05, 0) is 177 Å². The molecule has 10 heteroatoms. The fourth-order valence-electron chi connectivity index (χ4n) is 9.35. The summed E-state index contributed by atoms with van der Waals surface area (Å²) in [6.07, 6.45) is 18.8. The molecular weight excluding hydrogens is 721 g/mol.